The highest BCUT2D eigenvalue weighted by molar-refractivity contribution is 6.30. The number of halogens is 1. The fourth-order valence-corrected chi connectivity index (χ4v) is 2.22. The van der Waals surface area contributed by atoms with Crippen LogP contribution in [0.15, 0.2) is 18.2 Å². The van der Waals surface area contributed by atoms with E-state index < -0.39 is 5.60 Å². The van der Waals surface area contributed by atoms with E-state index >= 15 is 0 Å². The maximum Gasteiger partial charge on any atom is 0.255 e. The number of benzene rings is 1. The summed E-state index contributed by atoms with van der Waals surface area (Å²) in [5.74, 6) is 0.143. The van der Waals surface area contributed by atoms with Gasteiger partial charge in [-0.2, -0.15) is 0 Å². The molecule has 0 saturated carbocycles. The van der Waals surface area contributed by atoms with Crippen LogP contribution in [0.4, 0.5) is 0 Å². The number of carbonyl (C=O) groups excluding carboxylic acids is 1. The maximum atomic E-state index is 12.2. The average molecular weight is 315 g/mol. The van der Waals surface area contributed by atoms with Crippen LogP contribution in [0.3, 0.4) is 0 Å². The van der Waals surface area contributed by atoms with Crippen LogP contribution >= 0.6 is 11.6 Å². The van der Waals surface area contributed by atoms with Crippen molar-refractivity contribution < 1.29 is 14.6 Å². The highest BCUT2D eigenvalue weighted by atomic mass is 35.5. The van der Waals surface area contributed by atoms with E-state index in [1.54, 1.807) is 25.1 Å². The first kappa shape index (κ1) is 17.8. The molecule has 0 fully saturated rings. The Hall–Kier alpha value is -1.30. The molecule has 0 aliphatic heterocycles. The molecule has 0 radical (unpaired) electrons. The third kappa shape index (κ3) is 5.91. The summed E-state index contributed by atoms with van der Waals surface area (Å²) in [6.07, 6.45) is 0. The molecule has 1 rings (SSSR count). The monoisotopic (exact) mass is 314 g/mol. The summed E-state index contributed by atoms with van der Waals surface area (Å²) in [6, 6.07) is 4.86. The molecule has 5 nitrogen and oxygen atoms in total. The molecule has 0 bridgehead atoms. The molecule has 1 aromatic rings. The summed E-state index contributed by atoms with van der Waals surface area (Å²) in [5.41, 5.74) is -0.598. The fraction of sp³-hybridized carbons (Fsp3) is 0.533. The molecule has 0 aliphatic carbocycles. The van der Waals surface area contributed by atoms with Crippen molar-refractivity contribution in [2.24, 2.45) is 0 Å². The average Bonchev–Trinajstić information content (AvgIpc) is 2.35. The van der Waals surface area contributed by atoms with Gasteiger partial charge >= 0.3 is 0 Å². The molecule has 2 N–H and O–H groups in total. The minimum absolute atomic E-state index is 0.151. The van der Waals surface area contributed by atoms with Gasteiger partial charge in [0.25, 0.3) is 5.91 Å². The minimum Gasteiger partial charge on any atom is -0.493 e. The lowest BCUT2D eigenvalue weighted by molar-refractivity contribution is 0.0325. The molecule has 1 atom stereocenters. The van der Waals surface area contributed by atoms with Gasteiger partial charge in [0, 0.05) is 18.1 Å². The van der Waals surface area contributed by atoms with Crippen molar-refractivity contribution in [2.45, 2.75) is 19.4 Å². The third-order valence-corrected chi connectivity index (χ3v) is 3.01. The molecule has 0 saturated heterocycles. The van der Waals surface area contributed by atoms with E-state index in [4.69, 9.17) is 16.3 Å². The molecule has 1 aromatic carbocycles. The number of likely N-dealkylation sites (N-methyl/N-ethyl adjacent to an activating group) is 1. The van der Waals surface area contributed by atoms with E-state index in [1.165, 1.54) is 0 Å². The lowest BCUT2D eigenvalue weighted by Crippen LogP contribution is -2.47. The summed E-state index contributed by atoms with van der Waals surface area (Å²) in [4.78, 5) is 14.1. The van der Waals surface area contributed by atoms with E-state index in [0.717, 1.165) is 0 Å². The lowest BCUT2D eigenvalue weighted by atomic mass is 10.1. The molecule has 0 aliphatic rings. The SMILES string of the molecule is CCOc1cc(Cl)ccc1C(=O)NCC(C)(O)CN(C)C. The number of hydrogen-bond acceptors (Lipinski definition) is 4. The van der Waals surface area contributed by atoms with E-state index in [0.29, 0.717) is 29.5 Å². The van der Waals surface area contributed by atoms with E-state index in [9.17, 15) is 9.90 Å². The highest BCUT2D eigenvalue weighted by Crippen LogP contribution is 2.23. The Morgan fingerprint density at radius 1 is 1.48 bits per heavy atom. The summed E-state index contributed by atoms with van der Waals surface area (Å²) >= 11 is 5.91. The maximum absolute atomic E-state index is 12.2. The van der Waals surface area contributed by atoms with Crippen LogP contribution in [0.1, 0.15) is 24.2 Å². The Bertz CT molecular complexity index is 490. The highest BCUT2D eigenvalue weighted by Gasteiger charge is 2.23. The minimum atomic E-state index is -1.00. The van der Waals surface area contributed by atoms with Gasteiger partial charge in [-0.05, 0) is 46.1 Å². The van der Waals surface area contributed by atoms with Gasteiger partial charge in [-0.15, -0.1) is 0 Å². The number of nitrogens with one attached hydrogen (secondary N) is 1. The third-order valence-electron chi connectivity index (χ3n) is 2.77. The van der Waals surface area contributed by atoms with E-state index in [1.807, 2.05) is 25.9 Å². The molecular formula is C15H23ClN2O3. The number of hydrogen-bond donors (Lipinski definition) is 2. The molecule has 1 unspecified atom stereocenters. The fourth-order valence-electron chi connectivity index (χ4n) is 2.06. The standard InChI is InChI=1S/C15H23ClN2O3/c1-5-21-13-8-11(16)6-7-12(13)14(19)17-9-15(2,20)10-18(3)4/h6-8,20H,5,9-10H2,1-4H3,(H,17,19). The second-order valence-electron chi connectivity index (χ2n) is 5.49. The molecule has 21 heavy (non-hydrogen) atoms. The Kier molecular flexibility index (Phi) is 6.45. The Morgan fingerprint density at radius 3 is 2.71 bits per heavy atom. The molecule has 1 amide bonds. The Labute approximate surface area is 130 Å². The van der Waals surface area contributed by atoms with Crippen molar-refractivity contribution >= 4 is 17.5 Å². The zero-order valence-electron chi connectivity index (χ0n) is 12.9. The molecule has 0 heterocycles. The summed E-state index contributed by atoms with van der Waals surface area (Å²) in [6.45, 7) is 4.56. The molecule has 118 valence electrons. The number of nitrogens with zero attached hydrogens (tertiary/aromatic N) is 1. The predicted molar refractivity (Wildman–Crippen MR) is 84.1 cm³/mol. The van der Waals surface area contributed by atoms with Gasteiger partial charge in [-0.3, -0.25) is 4.79 Å². The van der Waals surface area contributed by atoms with Crippen LogP contribution in [-0.2, 0) is 0 Å². The molecule has 0 spiro atoms. The van der Waals surface area contributed by atoms with Gasteiger partial charge in [-0.25, -0.2) is 0 Å². The first-order valence-corrected chi connectivity index (χ1v) is 7.20. The van der Waals surface area contributed by atoms with Crippen molar-refractivity contribution in [1.29, 1.82) is 0 Å². The van der Waals surface area contributed by atoms with Crippen molar-refractivity contribution in [2.75, 3.05) is 33.8 Å². The predicted octanol–water partition coefficient (Wildman–Crippen LogP) is 1.78. The first-order valence-electron chi connectivity index (χ1n) is 6.83. The van der Waals surface area contributed by atoms with Crippen LogP contribution in [0, 0.1) is 0 Å². The van der Waals surface area contributed by atoms with Crippen molar-refractivity contribution in [1.82, 2.24) is 10.2 Å². The van der Waals surface area contributed by atoms with Gasteiger partial charge in [0.2, 0.25) is 0 Å². The van der Waals surface area contributed by atoms with Crippen LogP contribution < -0.4 is 10.1 Å². The number of rotatable bonds is 7. The zero-order valence-corrected chi connectivity index (χ0v) is 13.7. The Morgan fingerprint density at radius 2 is 2.14 bits per heavy atom. The summed E-state index contributed by atoms with van der Waals surface area (Å²) in [7, 11) is 3.73. The van der Waals surface area contributed by atoms with Gasteiger partial charge in [0.15, 0.2) is 0 Å². The number of amides is 1. The molecule has 6 heteroatoms. The number of carbonyl (C=O) groups is 1. The first-order chi connectivity index (χ1) is 9.75. The van der Waals surface area contributed by atoms with Gasteiger partial charge in [-0.1, -0.05) is 11.6 Å². The zero-order chi connectivity index (χ0) is 16.0. The normalized spacial score (nSPS) is 13.9. The van der Waals surface area contributed by atoms with Gasteiger partial charge in [0.1, 0.15) is 5.75 Å². The van der Waals surface area contributed by atoms with Crippen molar-refractivity contribution in [3.05, 3.63) is 28.8 Å². The summed E-state index contributed by atoms with van der Waals surface area (Å²) in [5, 5.41) is 13.4. The Balaban J connectivity index is 2.76. The topological polar surface area (TPSA) is 61.8 Å². The lowest BCUT2D eigenvalue weighted by Gasteiger charge is -2.27. The second-order valence-corrected chi connectivity index (χ2v) is 5.93. The van der Waals surface area contributed by atoms with Crippen LogP contribution in [0.2, 0.25) is 5.02 Å². The summed E-state index contributed by atoms with van der Waals surface area (Å²) < 4.78 is 5.42. The smallest absolute Gasteiger partial charge is 0.255 e. The second kappa shape index (κ2) is 7.64. The van der Waals surface area contributed by atoms with E-state index in [2.05, 4.69) is 5.32 Å². The molecular weight excluding hydrogens is 292 g/mol. The molecule has 0 aromatic heterocycles. The van der Waals surface area contributed by atoms with Crippen LogP contribution in [0.25, 0.3) is 0 Å². The van der Waals surface area contributed by atoms with Gasteiger partial charge < -0.3 is 20.1 Å². The van der Waals surface area contributed by atoms with Crippen LogP contribution in [-0.4, -0.2) is 55.3 Å². The van der Waals surface area contributed by atoms with Crippen molar-refractivity contribution in [3.8, 4) is 5.75 Å². The van der Waals surface area contributed by atoms with E-state index in [-0.39, 0.29) is 12.5 Å². The quantitative estimate of drug-likeness (QED) is 0.805. The largest absolute Gasteiger partial charge is 0.493 e. The van der Waals surface area contributed by atoms with Crippen LogP contribution in [0.5, 0.6) is 5.75 Å². The van der Waals surface area contributed by atoms with Crippen molar-refractivity contribution in [3.63, 3.8) is 0 Å². The number of ether oxygens (including phenoxy) is 1. The number of aliphatic hydroxyl groups is 1. The van der Waals surface area contributed by atoms with Gasteiger partial charge in [0.05, 0.1) is 17.8 Å².